The smallest absolute Gasteiger partial charge is 0.274 e. The molecule has 2 aromatic rings. The molecule has 7 heteroatoms. The maximum Gasteiger partial charge on any atom is 0.274 e. The average Bonchev–Trinajstić information content (AvgIpc) is 2.54. The summed E-state index contributed by atoms with van der Waals surface area (Å²) in [6.07, 6.45) is 0. The molecule has 2 heterocycles. The van der Waals surface area contributed by atoms with Gasteiger partial charge >= 0.3 is 0 Å². The maximum atomic E-state index is 12.9. The summed E-state index contributed by atoms with van der Waals surface area (Å²) >= 11 is 0. The summed E-state index contributed by atoms with van der Waals surface area (Å²) in [6.45, 7) is 2.12. The van der Waals surface area contributed by atoms with Gasteiger partial charge in [-0.15, -0.1) is 0 Å². The lowest BCUT2D eigenvalue weighted by Crippen LogP contribution is -2.44. The van der Waals surface area contributed by atoms with Crippen LogP contribution in [-0.4, -0.2) is 32.1 Å². The second kappa shape index (κ2) is 5.42. The van der Waals surface area contributed by atoms with Gasteiger partial charge in [-0.05, 0) is 24.6 Å². The molecule has 0 radical (unpaired) electrons. The molecule has 0 atom stereocenters. The third kappa shape index (κ3) is 2.44. The number of hydrogen-bond donors (Lipinski definition) is 2. The number of benzene rings is 1. The van der Waals surface area contributed by atoms with Gasteiger partial charge in [0.2, 0.25) is 0 Å². The van der Waals surface area contributed by atoms with Crippen molar-refractivity contribution in [3.05, 3.63) is 57.3 Å². The molecule has 23 heavy (non-hydrogen) atoms. The number of pyridine rings is 1. The lowest BCUT2D eigenvalue weighted by Gasteiger charge is -2.30. The molecule has 0 aliphatic carbocycles. The standard InChI is InChI=1S/C16H15FN2O4/c1-9-13(20)14(21)12-16(23)18(6-7-19(12)15(9)22)8-10-2-4-11(17)5-3-10/h2-5,20-21H,6-8H2,1H3. The summed E-state index contributed by atoms with van der Waals surface area (Å²) in [4.78, 5) is 26.1. The molecule has 6 nitrogen and oxygen atoms in total. The molecule has 1 amide bonds. The van der Waals surface area contributed by atoms with Crippen LogP contribution in [0.4, 0.5) is 4.39 Å². The normalized spacial score (nSPS) is 14.0. The van der Waals surface area contributed by atoms with E-state index >= 15 is 0 Å². The minimum Gasteiger partial charge on any atom is -0.504 e. The number of aromatic nitrogens is 1. The fourth-order valence-electron chi connectivity index (χ4n) is 2.69. The van der Waals surface area contributed by atoms with Crippen molar-refractivity contribution in [3.63, 3.8) is 0 Å². The summed E-state index contributed by atoms with van der Waals surface area (Å²) in [5, 5.41) is 19.8. The molecule has 0 spiro atoms. The van der Waals surface area contributed by atoms with Crippen molar-refractivity contribution in [2.45, 2.75) is 20.0 Å². The van der Waals surface area contributed by atoms with Crippen LogP contribution in [0.2, 0.25) is 0 Å². The van der Waals surface area contributed by atoms with E-state index in [4.69, 9.17) is 0 Å². The van der Waals surface area contributed by atoms with E-state index in [1.807, 2.05) is 0 Å². The minimum absolute atomic E-state index is 0.00559. The average molecular weight is 318 g/mol. The highest BCUT2D eigenvalue weighted by Crippen LogP contribution is 2.32. The number of carbonyl (C=O) groups is 1. The van der Waals surface area contributed by atoms with Crippen molar-refractivity contribution in [3.8, 4) is 11.5 Å². The van der Waals surface area contributed by atoms with Gasteiger partial charge in [-0.3, -0.25) is 14.2 Å². The van der Waals surface area contributed by atoms with Crippen LogP contribution in [0.15, 0.2) is 29.1 Å². The van der Waals surface area contributed by atoms with Crippen LogP contribution in [0.1, 0.15) is 21.6 Å². The van der Waals surface area contributed by atoms with E-state index in [2.05, 4.69) is 0 Å². The summed E-state index contributed by atoms with van der Waals surface area (Å²) in [5.41, 5.74) is 0.0222. The Morgan fingerprint density at radius 1 is 1.09 bits per heavy atom. The van der Waals surface area contributed by atoms with Crippen LogP contribution in [0.5, 0.6) is 11.5 Å². The number of amides is 1. The van der Waals surface area contributed by atoms with Gasteiger partial charge in [0.15, 0.2) is 17.2 Å². The van der Waals surface area contributed by atoms with Crippen molar-refractivity contribution in [1.82, 2.24) is 9.47 Å². The van der Waals surface area contributed by atoms with Crippen LogP contribution in [-0.2, 0) is 13.1 Å². The molecule has 0 saturated carbocycles. The first-order chi connectivity index (χ1) is 10.9. The van der Waals surface area contributed by atoms with Crippen molar-refractivity contribution >= 4 is 5.91 Å². The third-order valence-corrected chi connectivity index (χ3v) is 4.01. The first kappa shape index (κ1) is 15.1. The summed E-state index contributed by atoms with van der Waals surface area (Å²) in [5.74, 6) is -2.08. The first-order valence-corrected chi connectivity index (χ1v) is 7.09. The van der Waals surface area contributed by atoms with Crippen molar-refractivity contribution in [2.24, 2.45) is 0 Å². The van der Waals surface area contributed by atoms with E-state index in [1.165, 1.54) is 28.5 Å². The fourth-order valence-corrected chi connectivity index (χ4v) is 2.69. The molecule has 0 saturated heterocycles. The highest BCUT2D eigenvalue weighted by molar-refractivity contribution is 5.96. The fraction of sp³-hybridized carbons (Fsp3) is 0.250. The van der Waals surface area contributed by atoms with Crippen LogP contribution in [0.25, 0.3) is 0 Å². The van der Waals surface area contributed by atoms with Gasteiger partial charge in [0.25, 0.3) is 11.5 Å². The molecule has 120 valence electrons. The number of halogens is 1. The Morgan fingerprint density at radius 2 is 1.74 bits per heavy atom. The number of carbonyl (C=O) groups excluding carboxylic acids is 1. The molecule has 1 aliphatic heterocycles. The van der Waals surface area contributed by atoms with Gasteiger partial charge in [-0.2, -0.15) is 0 Å². The number of hydrogen-bond acceptors (Lipinski definition) is 4. The lowest BCUT2D eigenvalue weighted by molar-refractivity contribution is 0.0680. The number of nitrogens with zero attached hydrogens (tertiary/aromatic N) is 2. The van der Waals surface area contributed by atoms with Crippen molar-refractivity contribution in [1.29, 1.82) is 0 Å². The molecule has 0 fully saturated rings. The van der Waals surface area contributed by atoms with Crippen LogP contribution in [0, 0.1) is 12.7 Å². The molecular formula is C16H15FN2O4. The summed E-state index contributed by atoms with van der Waals surface area (Å²) in [7, 11) is 0. The van der Waals surface area contributed by atoms with Crippen LogP contribution < -0.4 is 5.56 Å². The molecule has 3 rings (SSSR count). The lowest BCUT2D eigenvalue weighted by atomic mass is 10.1. The zero-order chi connectivity index (χ0) is 16.7. The largest absolute Gasteiger partial charge is 0.504 e. The van der Waals surface area contributed by atoms with E-state index in [-0.39, 0.29) is 36.7 Å². The van der Waals surface area contributed by atoms with Gasteiger partial charge < -0.3 is 15.1 Å². The third-order valence-electron chi connectivity index (χ3n) is 4.01. The quantitative estimate of drug-likeness (QED) is 0.876. The highest BCUT2D eigenvalue weighted by atomic mass is 19.1. The van der Waals surface area contributed by atoms with Gasteiger partial charge in [0.1, 0.15) is 5.82 Å². The Labute approximate surface area is 131 Å². The van der Waals surface area contributed by atoms with E-state index in [1.54, 1.807) is 12.1 Å². The van der Waals surface area contributed by atoms with Gasteiger partial charge in [0.05, 0.1) is 5.56 Å². The molecule has 2 N–H and O–H groups in total. The Hall–Kier alpha value is -2.83. The Bertz CT molecular complexity index is 843. The molecule has 0 unspecified atom stereocenters. The second-order valence-electron chi connectivity index (χ2n) is 5.48. The zero-order valence-corrected chi connectivity index (χ0v) is 12.4. The Balaban J connectivity index is 1.98. The van der Waals surface area contributed by atoms with Crippen molar-refractivity contribution < 1.29 is 19.4 Å². The van der Waals surface area contributed by atoms with Crippen LogP contribution >= 0.6 is 0 Å². The molecule has 0 bridgehead atoms. The monoisotopic (exact) mass is 318 g/mol. The zero-order valence-electron chi connectivity index (χ0n) is 12.4. The van der Waals surface area contributed by atoms with Crippen LogP contribution in [0.3, 0.4) is 0 Å². The molecule has 1 aliphatic rings. The molecular weight excluding hydrogens is 303 g/mol. The maximum absolute atomic E-state index is 12.9. The number of aromatic hydroxyl groups is 2. The Morgan fingerprint density at radius 3 is 2.39 bits per heavy atom. The number of fused-ring (bicyclic) bond motifs is 1. The van der Waals surface area contributed by atoms with Gasteiger partial charge in [0, 0.05) is 19.6 Å². The van der Waals surface area contributed by atoms with E-state index in [0.29, 0.717) is 0 Å². The predicted octanol–water partition coefficient (Wildman–Crippen LogP) is 1.36. The SMILES string of the molecule is Cc1c(O)c(O)c2n(c1=O)CCN(Cc1ccc(F)cc1)C2=O. The molecule has 1 aromatic heterocycles. The Kier molecular flexibility index (Phi) is 3.55. The van der Waals surface area contributed by atoms with Gasteiger partial charge in [-0.25, -0.2) is 4.39 Å². The minimum atomic E-state index is -0.587. The molecule has 1 aromatic carbocycles. The van der Waals surface area contributed by atoms with E-state index < -0.39 is 23.0 Å². The number of rotatable bonds is 2. The first-order valence-electron chi connectivity index (χ1n) is 7.09. The predicted molar refractivity (Wildman–Crippen MR) is 79.9 cm³/mol. The highest BCUT2D eigenvalue weighted by Gasteiger charge is 2.31. The topological polar surface area (TPSA) is 82.8 Å². The van der Waals surface area contributed by atoms with Crippen molar-refractivity contribution in [2.75, 3.05) is 6.54 Å². The second-order valence-corrected chi connectivity index (χ2v) is 5.48. The summed E-state index contributed by atoms with van der Waals surface area (Å²) in [6, 6.07) is 5.73. The van der Waals surface area contributed by atoms with E-state index in [0.717, 1.165) is 5.56 Å². The van der Waals surface area contributed by atoms with E-state index in [9.17, 15) is 24.2 Å². The van der Waals surface area contributed by atoms with Gasteiger partial charge in [-0.1, -0.05) is 12.1 Å². The summed E-state index contributed by atoms with van der Waals surface area (Å²) < 4.78 is 14.1.